The van der Waals surface area contributed by atoms with Gasteiger partial charge in [0.15, 0.2) is 0 Å². The van der Waals surface area contributed by atoms with E-state index in [1.165, 1.54) is 19.3 Å². The average Bonchev–Trinajstić information content (AvgIpc) is 1.69. The van der Waals surface area contributed by atoms with E-state index in [4.69, 9.17) is 0 Å². The Morgan fingerprint density at radius 2 is 1.12 bits per heavy atom. The van der Waals surface area contributed by atoms with Gasteiger partial charge in [-0.25, -0.2) is 0 Å². The summed E-state index contributed by atoms with van der Waals surface area (Å²) in [5, 5.41) is 0. The summed E-state index contributed by atoms with van der Waals surface area (Å²) in [5.74, 6) is 0. The van der Waals surface area contributed by atoms with Gasteiger partial charge in [-0.05, 0) is 0 Å². The van der Waals surface area contributed by atoms with Crippen molar-refractivity contribution in [1.82, 2.24) is 0 Å². The fraction of sp³-hybridized carbons (Fsp3) is 0.714. The number of rotatable bonds is 4. The second-order valence-corrected chi connectivity index (χ2v) is 1.77. The molecule has 0 rings (SSSR count). The van der Waals surface area contributed by atoms with Crippen molar-refractivity contribution in [3.8, 4) is 0 Å². The van der Waals surface area contributed by atoms with E-state index >= 15 is 0 Å². The smallest absolute Gasteiger partial charge is 0.343 e. The van der Waals surface area contributed by atoms with Crippen LogP contribution in [0.3, 0.4) is 0 Å². The van der Waals surface area contributed by atoms with Gasteiger partial charge in [-0.15, -0.1) is 0 Å². The predicted molar refractivity (Wildman–Crippen MR) is 33.8 cm³/mol. The molecule has 0 aliphatic carbocycles. The molecular weight excluding hydrogens is 274 g/mol. The van der Waals surface area contributed by atoms with Crippen molar-refractivity contribution in [2.75, 3.05) is 0 Å². The molecule has 1 heteroatoms. The zero-order valence-electron chi connectivity index (χ0n) is 5.30. The van der Waals surface area contributed by atoms with E-state index in [2.05, 4.69) is 13.8 Å². The Bertz CT molecular complexity index is 23.6. The van der Waals surface area contributed by atoms with Crippen molar-refractivity contribution >= 4 is 0 Å². The summed E-state index contributed by atoms with van der Waals surface area (Å²) in [7, 11) is 0. The minimum Gasteiger partial charge on any atom is -0.343 e. The van der Waals surface area contributed by atoms with Crippen LogP contribution in [-0.2, 0) is 19.8 Å². The first-order valence-corrected chi connectivity index (χ1v) is 3.00. The third-order valence-electron chi connectivity index (χ3n) is 1.000. The molecule has 0 bridgehead atoms. The third-order valence-corrected chi connectivity index (χ3v) is 1.000. The number of hydrogen-bond donors (Lipinski definition) is 0. The molecule has 0 N–H and O–H groups in total. The quantitative estimate of drug-likeness (QED) is 0.551. The van der Waals surface area contributed by atoms with Crippen LogP contribution in [0.25, 0.3) is 0 Å². The Morgan fingerprint density at radius 1 is 0.750 bits per heavy atom. The van der Waals surface area contributed by atoms with Gasteiger partial charge in [0.2, 0.25) is 0 Å². The van der Waals surface area contributed by atoms with Crippen LogP contribution in [0.4, 0.5) is 0 Å². The van der Waals surface area contributed by atoms with E-state index in [1.54, 1.807) is 0 Å². The first-order chi connectivity index (χ1) is 3.41. The molecule has 0 unspecified atom stereocenters. The molecule has 0 heterocycles. The molecule has 0 aromatic heterocycles. The van der Waals surface area contributed by atoms with Crippen molar-refractivity contribution in [2.45, 2.75) is 32.1 Å². The molecule has 0 aliphatic heterocycles. The number of unbranched alkanes of at least 4 members (excludes halogenated alkanes) is 4. The SMILES string of the molecule is [CH2-]CCCCC[CH2-].[Os+2]. The maximum Gasteiger partial charge on any atom is 2.00 e. The normalized spacial score (nSPS) is 8.25. The molecular formula is C7H14Os. The van der Waals surface area contributed by atoms with Crippen molar-refractivity contribution in [1.29, 1.82) is 0 Å². The Labute approximate surface area is 66.1 Å². The molecule has 50 valence electrons. The molecule has 0 aliphatic rings. The van der Waals surface area contributed by atoms with Gasteiger partial charge in [0.25, 0.3) is 0 Å². The Hall–Kier alpha value is 0.636. The van der Waals surface area contributed by atoms with Crippen LogP contribution in [-0.4, -0.2) is 0 Å². The molecule has 0 fully saturated rings. The molecule has 0 nitrogen and oxygen atoms in total. The zero-order valence-corrected chi connectivity index (χ0v) is 7.84. The summed E-state index contributed by atoms with van der Waals surface area (Å²) in [6.45, 7) is 7.47. The summed E-state index contributed by atoms with van der Waals surface area (Å²) in [6.07, 6.45) is 6.03. The Kier molecular flexibility index (Phi) is 15.1. The number of hydrogen-bond acceptors (Lipinski definition) is 0. The molecule has 0 spiro atoms. The first-order valence-electron chi connectivity index (χ1n) is 3.00. The molecule has 0 aromatic rings. The van der Waals surface area contributed by atoms with Gasteiger partial charge in [-0.1, -0.05) is 19.3 Å². The van der Waals surface area contributed by atoms with E-state index in [9.17, 15) is 0 Å². The molecule has 8 heavy (non-hydrogen) atoms. The molecule has 0 amide bonds. The van der Waals surface area contributed by atoms with Gasteiger partial charge < -0.3 is 13.8 Å². The Balaban J connectivity index is 0. The van der Waals surface area contributed by atoms with Crippen molar-refractivity contribution in [3.63, 3.8) is 0 Å². The van der Waals surface area contributed by atoms with Gasteiger partial charge in [-0.3, -0.25) is 0 Å². The second kappa shape index (κ2) is 10.6. The van der Waals surface area contributed by atoms with Gasteiger partial charge in [0.1, 0.15) is 0 Å². The summed E-state index contributed by atoms with van der Waals surface area (Å²) in [5.41, 5.74) is 0. The second-order valence-electron chi connectivity index (χ2n) is 1.77. The topological polar surface area (TPSA) is 0 Å². The van der Waals surface area contributed by atoms with E-state index in [-0.39, 0.29) is 19.8 Å². The fourth-order valence-electron chi connectivity index (χ4n) is 0.530. The first kappa shape index (κ1) is 11.4. The van der Waals surface area contributed by atoms with Crippen LogP contribution in [0.15, 0.2) is 0 Å². The van der Waals surface area contributed by atoms with E-state index in [0.717, 1.165) is 12.8 Å². The summed E-state index contributed by atoms with van der Waals surface area (Å²) in [6, 6.07) is 0. The minimum atomic E-state index is 0. The van der Waals surface area contributed by atoms with Gasteiger partial charge in [0, 0.05) is 0 Å². The van der Waals surface area contributed by atoms with E-state index in [0.29, 0.717) is 0 Å². The standard InChI is InChI=1S/C7H14.Os/c1-3-5-7-6-4-2;/h1-7H2;/q-2;+2. The van der Waals surface area contributed by atoms with Gasteiger partial charge in [-0.2, -0.15) is 12.8 Å². The summed E-state index contributed by atoms with van der Waals surface area (Å²) >= 11 is 0. The maximum atomic E-state index is 3.74. The summed E-state index contributed by atoms with van der Waals surface area (Å²) < 4.78 is 0. The maximum absolute atomic E-state index is 3.74. The minimum absolute atomic E-state index is 0. The largest absolute Gasteiger partial charge is 2.00 e. The zero-order chi connectivity index (χ0) is 5.54. The average molecular weight is 288 g/mol. The molecule has 0 radical (unpaired) electrons. The molecule has 0 atom stereocenters. The molecule has 0 saturated carbocycles. The van der Waals surface area contributed by atoms with Crippen molar-refractivity contribution in [2.24, 2.45) is 0 Å². The van der Waals surface area contributed by atoms with Crippen LogP contribution < -0.4 is 0 Å². The van der Waals surface area contributed by atoms with Gasteiger partial charge in [0.05, 0.1) is 0 Å². The van der Waals surface area contributed by atoms with Crippen LogP contribution in [0.1, 0.15) is 32.1 Å². The van der Waals surface area contributed by atoms with Crippen molar-refractivity contribution < 1.29 is 19.8 Å². The summed E-state index contributed by atoms with van der Waals surface area (Å²) in [4.78, 5) is 0. The van der Waals surface area contributed by atoms with Crippen LogP contribution in [0.2, 0.25) is 0 Å². The monoisotopic (exact) mass is 290 g/mol. The third kappa shape index (κ3) is 9.81. The van der Waals surface area contributed by atoms with Gasteiger partial charge >= 0.3 is 19.8 Å². The van der Waals surface area contributed by atoms with Crippen LogP contribution >= 0.6 is 0 Å². The predicted octanol–water partition coefficient (Wildman–Crippen LogP) is 2.60. The van der Waals surface area contributed by atoms with Crippen molar-refractivity contribution in [3.05, 3.63) is 13.8 Å². The fourth-order valence-corrected chi connectivity index (χ4v) is 0.530. The van der Waals surface area contributed by atoms with Crippen LogP contribution in [0.5, 0.6) is 0 Å². The molecule has 0 saturated heterocycles. The Morgan fingerprint density at radius 3 is 1.38 bits per heavy atom. The van der Waals surface area contributed by atoms with Crippen LogP contribution in [0, 0.1) is 13.8 Å². The van der Waals surface area contributed by atoms with E-state index in [1.807, 2.05) is 0 Å². The molecule has 0 aromatic carbocycles. The van der Waals surface area contributed by atoms with E-state index < -0.39 is 0 Å².